The minimum absolute atomic E-state index is 0.278. The topological polar surface area (TPSA) is 58.1 Å². The Morgan fingerprint density at radius 3 is 2.78 bits per heavy atom. The average Bonchev–Trinajstić information content (AvgIpc) is 3.09. The lowest BCUT2D eigenvalue weighted by molar-refractivity contribution is 0.102. The summed E-state index contributed by atoms with van der Waals surface area (Å²) in [6.45, 7) is 4.51. The first-order chi connectivity index (χ1) is 13.0. The molecule has 27 heavy (non-hydrogen) atoms. The Bertz CT molecular complexity index is 1030. The molecule has 0 unspecified atom stereocenters. The minimum atomic E-state index is -0.278. The third kappa shape index (κ3) is 3.38. The van der Waals surface area contributed by atoms with E-state index in [-0.39, 0.29) is 5.91 Å². The third-order valence-electron chi connectivity index (χ3n) is 4.74. The predicted octanol–water partition coefficient (Wildman–Crippen LogP) is 4.69. The average molecular weight is 379 g/mol. The Labute approximate surface area is 163 Å². The second kappa shape index (κ2) is 7.00. The van der Waals surface area contributed by atoms with Gasteiger partial charge in [0.25, 0.3) is 5.91 Å². The lowest BCUT2D eigenvalue weighted by atomic mass is 10.2. The number of carbonyl (C=O) groups is 1. The largest absolute Gasteiger partial charge is 0.326 e. The molecule has 1 N–H and O–H groups in total. The van der Waals surface area contributed by atoms with Crippen LogP contribution in [0.5, 0.6) is 0 Å². The Hall–Kier alpha value is -2.92. The van der Waals surface area contributed by atoms with Crippen LogP contribution in [0.1, 0.15) is 27.4 Å². The molecule has 5 nitrogen and oxygen atoms in total. The summed E-state index contributed by atoms with van der Waals surface area (Å²) in [5.41, 5.74) is 4.26. The summed E-state index contributed by atoms with van der Waals surface area (Å²) in [4.78, 5) is 23.8. The van der Waals surface area contributed by atoms with E-state index < -0.39 is 0 Å². The van der Waals surface area contributed by atoms with Gasteiger partial charge in [0.2, 0.25) is 0 Å². The summed E-state index contributed by atoms with van der Waals surface area (Å²) in [7, 11) is 0. The van der Waals surface area contributed by atoms with Crippen molar-refractivity contribution in [1.29, 1.82) is 0 Å². The van der Waals surface area contributed by atoms with Gasteiger partial charge in [0, 0.05) is 29.0 Å². The second-order valence-corrected chi connectivity index (χ2v) is 6.96. The van der Waals surface area contributed by atoms with Crippen LogP contribution in [0.25, 0.3) is 0 Å². The molecule has 0 spiro atoms. The Kier molecular flexibility index (Phi) is 4.54. The molecule has 0 saturated heterocycles. The van der Waals surface area contributed by atoms with Crippen molar-refractivity contribution in [3.63, 3.8) is 0 Å². The van der Waals surface area contributed by atoms with Gasteiger partial charge in [-0.25, -0.2) is 9.97 Å². The molecule has 1 aliphatic heterocycles. The second-order valence-electron chi connectivity index (χ2n) is 6.56. The number of nitrogens with one attached hydrogen (secondary N) is 1. The maximum Gasteiger partial charge on any atom is 0.274 e. The van der Waals surface area contributed by atoms with Crippen molar-refractivity contribution in [3.8, 4) is 0 Å². The number of amides is 1. The number of rotatable bonds is 3. The number of nitrogens with zero attached hydrogens (tertiary/aromatic N) is 3. The van der Waals surface area contributed by atoms with E-state index in [0.717, 1.165) is 30.0 Å². The number of anilines is 3. The first kappa shape index (κ1) is 17.5. The molecule has 0 aliphatic carbocycles. The van der Waals surface area contributed by atoms with Crippen LogP contribution in [0.2, 0.25) is 5.02 Å². The van der Waals surface area contributed by atoms with E-state index in [2.05, 4.69) is 32.3 Å². The normalized spacial score (nSPS) is 12.8. The van der Waals surface area contributed by atoms with E-state index in [0.29, 0.717) is 22.2 Å². The molecule has 2 aromatic carbocycles. The number of hydrogen-bond donors (Lipinski definition) is 1. The molecule has 0 atom stereocenters. The molecular formula is C21H19ClN4O. The van der Waals surface area contributed by atoms with Crippen molar-refractivity contribution < 1.29 is 4.79 Å². The summed E-state index contributed by atoms with van der Waals surface area (Å²) in [6, 6.07) is 15.4. The number of para-hydroxylation sites is 1. The number of carbonyl (C=O) groups excluding carboxylic acids is 1. The van der Waals surface area contributed by atoms with E-state index in [1.807, 2.05) is 31.2 Å². The van der Waals surface area contributed by atoms with Crippen molar-refractivity contribution in [1.82, 2.24) is 9.97 Å². The van der Waals surface area contributed by atoms with Gasteiger partial charge >= 0.3 is 0 Å². The first-order valence-electron chi connectivity index (χ1n) is 8.80. The molecular weight excluding hydrogens is 360 g/mol. The summed E-state index contributed by atoms with van der Waals surface area (Å²) < 4.78 is 0. The van der Waals surface area contributed by atoms with E-state index in [1.54, 1.807) is 19.1 Å². The van der Waals surface area contributed by atoms with Crippen LogP contribution in [-0.4, -0.2) is 22.4 Å². The van der Waals surface area contributed by atoms with Gasteiger partial charge in [0.15, 0.2) is 0 Å². The Balaban J connectivity index is 1.65. The zero-order valence-electron chi connectivity index (χ0n) is 15.2. The van der Waals surface area contributed by atoms with Gasteiger partial charge in [-0.3, -0.25) is 4.79 Å². The monoisotopic (exact) mass is 378 g/mol. The lowest BCUT2D eigenvalue weighted by Crippen LogP contribution is -2.20. The van der Waals surface area contributed by atoms with Crippen LogP contribution in [0, 0.1) is 13.8 Å². The minimum Gasteiger partial charge on any atom is -0.326 e. The molecule has 1 amide bonds. The highest BCUT2D eigenvalue weighted by Crippen LogP contribution is 2.33. The van der Waals surface area contributed by atoms with Crippen LogP contribution in [0.3, 0.4) is 0 Å². The summed E-state index contributed by atoms with van der Waals surface area (Å²) in [5, 5.41) is 3.51. The number of benzene rings is 2. The van der Waals surface area contributed by atoms with Gasteiger partial charge in [0.1, 0.15) is 17.3 Å². The van der Waals surface area contributed by atoms with Crippen LogP contribution in [-0.2, 0) is 6.42 Å². The smallest absolute Gasteiger partial charge is 0.274 e. The Morgan fingerprint density at radius 2 is 1.93 bits per heavy atom. The van der Waals surface area contributed by atoms with Gasteiger partial charge in [-0.2, -0.15) is 0 Å². The molecule has 0 fully saturated rings. The molecule has 6 heteroatoms. The first-order valence-corrected chi connectivity index (χ1v) is 9.18. The zero-order chi connectivity index (χ0) is 19.0. The number of hydrogen-bond acceptors (Lipinski definition) is 4. The van der Waals surface area contributed by atoms with E-state index in [4.69, 9.17) is 11.6 Å². The van der Waals surface area contributed by atoms with Crippen molar-refractivity contribution in [3.05, 3.63) is 76.2 Å². The SMILES string of the molecule is Cc1nc(C(=O)Nc2cccc(Cl)c2C)cc(N2CCc3ccccc32)n1. The molecule has 1 aromatic heterocycles. The van der Waals surface area contributed by atoms with Gasteiger partial charge in [-0.15, -0.1) is 0 Å². The van der Waals surface area contributed by atoms with Crippen LogP contribution in [0.15, 0.2) is 48.5 Å². The fourth-order valence-electron chi connectivity index (χ4n) is 3.31. The van der Waals surface area contributed by atoms with Crippen molar-refractivity contribution in [2.45, 2.75) is 20.3 Å². The van der Waals surface area contributed by atoms with Crippen molar-refractivity contribution in [2.24, 2.45) is 0 Å². The molecule has 0 bridgehead atoms. The summed E-state index contributed by atoms with van der Waals surface area (Å²) >= 11 is 6.14. The number of halogens is 1. The molecule has 4 rings (SSSR count). The number of aromatic nitrogens is 2. The summed E-state index contributed by atoms with van der Waals surface area (Å²) in [6.07, 6.45) is 0.961. The fourth-order valence-corrected chi connectivity index (χ4v) is 3.49. The molecule has 2 heterocycles. The maximum absolute atomic E-state index is 12.8. The molecule has 136 valence electrons. The highest BCUT2D eigenvalue weighted by atomic mass is 35.5. The summed E-state index contributed by atoms with van der Waals surface area (Å²) in [5.74, 6) is 1.02. The zero-order valence-corrected chi connectivity index (χ0v) is 15.9. The molecule has 3 aromatic rings. The van der Waals surface area contributed by atoms with Gasteiger partial charge < -0.3 is 10.2 Å². The van der Waals surface area contributed by atoms with Gasteiger partial charge in [-0.1, -0.05) is 35.9 Å². The van der Waals surface area contributed by atoms with Gasteiger partial charge in [0.05, 0.1) is 0 Å². The molecule has 0 radical (unpaired) electrons. The quantitative estimate of drug-likeness (QED) is 0.718. The standard InChI is InChI=1S/C21H19ClN4O/c1-13-16(22)7-5-8-17(13)25-21(27)18-12-20(24-14(2)23-18)26-11-10-15-6-3-4-9-19(15)26/h3-9,12H,10-11H2,1-2H3,(H,25,27). The number of aryl methyl sites for hydroxylation is 1. The highest BCUT2D eigenvalue weighted by Gasteiger charge is 2.22. The lowest BCUT2D eigenvalue weighted by Gasteiger charge is -2.19. The van der Waals surface area contributed by atoms with Gasteiger partial charge in [-0.05, 0) is 49.6 Å². The van der Waals surface area contributed by atoms with Crippen molar-refractivity contribution in [2.75, 3.05) is 16.8 Å². The van der Waals surface area contributed by atoms with Crippen LogP contribution < -0.4 is 10.2 Å². The highest BCUT2D eigenvalue weighted by molar-refractivity contribution is 6.31. The predicted molar refractivity (Wildman–Crippen MR) is 108 cm³/mol. The molecule has 1 aliphatic rings. The van der Waals surface area contributed by atoms with Crippen molar-refractivity contribution >= 4 is 34.7 Å². The van der Waals surface area contributed by atoms with Crippen LogP contribution >= 0.6 is 11.6 Å². The maximum atomic E-state index is 12.8. The Morgan fingerprint density at radius 1 is 1.11 bits per heavy atom. The molecule has 0 saturated carbocycles. The van der Waals surface area contributed by atoms with Crippen LogP contribution in [0.4, 0.5) is 17.2 Å². The number of fused-ring (bicyclic) bond motifs is 1. The van der Waals surface area contributed by atoms with E-state index >= 15 is 0 Å². The van der Waals surface area contributed by atoms with E-state index in [9.17, 15) is 4.79 Å². The third-order valence-corrected chi connectivity index (χ3v) is 5.15. The van der Waals surface area contributed by atoms with E-state index in [1.165, 1.54) is 5.56 Å². The fraction of sp³-hybridized carbons (Fsp3) is 0.190.